The normalized spacial score (nSPS) is 20.5. The first kappa shape index (κ1) is 23.3. The van der Waals surface area contributed by atoms with Gasteiger partial charge in [0, 0.05) is 28.9 Å². The average molecular weight is 491 g/mol. The molecule has 3 aromatic rings. The number of aryl methyl sites for hydroxylation is 2. The molecule has 3 atom stereocenters. The van der Waals surface area contributed by atoms with E-state index >= 15 is 0 Å². The zero-order chi connectivity index (χ0) is 24.7. The van der Waals surface area contributed by atoms with E-state index in [0.29, 0.717) is 5.69 Å². The van der Waals surface area contributed by atoms with Crippen LogP contribution in [0.3, 0.4) is 0 Å². The molecule has 0 saturated heterocycles. The highest BCUT2D eigenvalue weighted by Crippen LogP contribution is 2.51. The Kier molecular flexibility index (Phi) is 5.97. The van der Waals surface area contributed by atoms with Gasteiger partial charge in [-0.3, -0.25) is 4.72 Å². The summed E-state index contributed by atoms with van der Waals surface area (Å²) in [5.41, 5.74) is 5.59. The summed E-state index contributed by atoms with van der Waals surface area (Å²) in [4.78, 5) is 0.261. The molecule has 0 spiro atoms. The van der Waals surface area contributed by atoms with Crippen LogP contribution >= 0.6 is 0 Å². The van der Waals surface area contributed by atoms with E-state index in [0.717, 1.165) is 45.9 Å². The average Bonchev–Trinajstić information content (AvgIpc) is 3.32. The molecule has 35 heavy (non-hydrogen) atoms. The van der Waals surface area contributed by atoms with Crippen molar-refractivity contribution in [1.29, 1.82) is 0 Å². The number of anilines is 2. The second kappa shape index (κ2) is 8.96. The van der Waals surface area contributed by atoms with Gasteiger partial charge in [-0.2, -0.15) is 0 Å². The van der Waals surface area contributed by atoms with Gasteiger partial charge in [0.05, 0.1) is 25.2 Å². The van der Waals surface area contributed by atoms with Gasteiger partial charge in [0.1, 0.15) is 11.5 Å². The van der Waals surface area contributed by atoms with Crippen molar-refractivity contribution in [1.82, 2.24) is 0 Å². The molecule has 6 nitrogen and oxygen atoms in total. The molecule has 0 fully saturated rings. The summed E-state index contributed by atoms with van der Waals surface area (Å²) in [6.07, 6.45) is 5.28. The summed E-state index contributed by atoms with van der Waals surface area (Å²) in [6.45, 7) is 3.91. The van der Waals surface area contributed by atoms with Gasteiger partial charge in [0.25, 0.3) is 10.0 Å². The van der Waals surface area contributed by atoms with Crippen molar-refractivity contribution in [3.8, 4) is 11.5 Å². The molecule has 0 amide bonds. The van der Waals surface area contributed by atoms with Crippen LogP contribution in [0.25, 0.3) is 0 Å². The lowest BCUT2D eigenvalue weighted by atomic mass is 9.77. The van der Waals surface area contributed by atoms with Gasteiger partial charge in [-0.25, -0.2) is 8.42 Å². The van der Waals surface area contributed by atoms with Gasteiger partial charge in [0.15, 0.2) is 0 Å². The quantitative estimate of drug-likeness (QED) is 0.418. The van der Waals surface area contributed by atoms with E-state index < -0.39 is 10.0 Å². The number of hydrogen-bond acceptors (Lipinski definition) is 5. The summed E-state index contributed by atoms with van der Waals surface area (Å²) in [5.74, 6) is 1.87. The number of sulfonamides is 1. The summed E-state index contributed by atoms with van der Waals surface area (Å²) in [7, 11) is -0.423. The standard InChI is InChI=1S/C28H30N2O4S/c1-17-12-18(2)14-19(13-17)30-35(31,32)21-9-11-26-25(16-21)22-6-5-7-23(22)28(29-26)24-10-8-20(33-3)15-27(24)34-4/h5-6,8-16,22-23,28-30H,7H2,1-4H3/t22-,23+,28-/m0/s1. The van der Waals surface area contributed by atoms with Crippen LogP contribution in [0.2, 0.25) is 0 Å². The Morgan fingerprint density at radius 1 is 0.914 bits per heavy atom. The van der Waals surface area contributed by atoms with E-state index in [1.165, 1.54) is 0 Å². The van der Waals surface area contributed by atoms with E-state index in [9.17, 15) is 8.42 Å². The zero-order valence-corrected chi connectivity index (χ0v) is 21.1. The third-order valence-corrected chi connectivity index (χ3v) is 8.27. The third kappa shape index (κ3) is 4.36. The molecule has 1 aliphatic heterocycles. The van der Waals surface area contributed by atoms with Crippen molar-refractivity contribution >= 4 is 21.4 Å². The first-order valence-corrected chi connectivity index (χ1v) is 13.2. The van der Waals surface area contributed by atoms with E-state index in [1.54, 1.807) is 20.3 Å². The maximum atomic E-state index is 13.3. The predicted molar refractivity (Wildman–Crippen MR) is 139 cm³/mol. The van der Waals surface area contributed by atoms with Crippen LogP contribution in [0, 0.1) is 19.8 Å². The minimum absolute atomic E-state index is 0.0270. The molecular weight excluding hydrogens is 460 g/mol. The Morgan fingerprint density at radius 3 is 2.40 bits per heavy atom. The van der Waals surface area contributed by atoms with E-state index in [4.69, 9.17) is 9.47 Å². The number of fused-ring (bicyclic) bond motifs is 3. The fraction of sp³-hybridized carbons (Fsp3) is 0.286. The van der Waals surface area contributed by atoms with Crippen molar-refractivity contribution in [3.63, 3.8) is 0 Å². The van der Waals surface area contributed by atoms with E-state index in [-0.39, 0.29) is 22.8 Å². The largest absolute Gasteiger partial charge is 0.497 e. The van der Waals surface area contributed by atoms with Gasteiger partial charge >= 0.3 is 0 Å². The van der Waals surface area contributed by atoms with Crippen LogP contribution < -0.4 is 19.5 Å². The summed E-state index contributed by atoms with van der Waals surface area (Å²) < 4.78 is 40.3. The monoisotopic (exact) mass is 490 g/mol. The Hall–Kier alpha value is -3.45. The van der Waals surface area contributed by atoms with Crippen LogP contribution in [0.1, 0.15) is 40.6 Å². The Balaban J connectivity index is 1.49. The molecule has 0 aromatic heterocycles. The first-order chi connectivity index (χ1) is 16.8. The van der Waals surface area contributed by atoms with Crippen LogP contribution in [0.4, 0.5) is 11.4 Å². The molecule has 0 bridgehead atoms. The summed E-state index contributed by atoms with van der Waals surface area (Å²) in [5, 5.41) is 3.66. The van der Waals surface area contributed by atoms with Gasteiger partial charge in [-0.1, -0.05) is 18.2 Å². The number of allylic oxidation sites excluding steroid dienone is 2. The van der Waals surface area contributed by atoms with E-state index in [1.807, 2.05) is 62.4 Å². The summed E-state index contributed by atoms with van der Waals surface area (Å²) >= 11 is 0. The van der Waals surface area contributed by atoms with E-state index in [2.05, 4.69) is 22.2 Å². The maximum Gasteiger partial charge on any atom is 0.261 e. The Morgan fingerprint density at radius 2 is 1.69 bits per heavy atom. The lowest BCUT2D eigenvalue weighted by Gasteiger charge is -2.38. The fourth-order valence-electron chi connectivity index (χ4n) is 5.37. The summed E-state index contributed by atoms with van der Waals surface area (Å²) in [6, 6.07) is 17.0. The van der Waals surface area contributed by atoms with Crippen LogP contribution in [-0.4, -0.2) is 22.6 Å². The number of nitrogens with one attached hydrogen (secondary N) is 2. The van der Waals surface area contributed by atoms with Crippen molar-refractivity contribution < 1.29 is 17.9 Å². The highest BCUT2D eigenvalue weighted by molar-refractivity contribution is 7.92. The topological polar surface area (TPSA) is 76.7 Å². The second-order valence-corrected chi connectivity index (χ2v) is 11.0. The first-order valence-electron chi connectivity index (χ1n) is 11.7. The van der Waals surface area contributed by atoms with Crippen LogP contribution in [0.5, 0.6) is 11.5 Å². The molecular formula is C28H30N2O4S. The van der Waals surface area contributed by atoms with Gasteiger partial charge in [-0.15, -0.1) is 0 Å². The Bertz CT molecular complexity index is 1390. The smallest absolute Gasteiger partial charge is 0.261 e. The minimum Gasteiger partial charge on any atom is -0.497 e. The minimum atomic E-state index is -3.73. The molecule has 3 aromatic carbocycles. The number of hydrogen-bond donors (Lipinski definition) is 2. The predicted octanol–water partition coefficient (Wildman–Crippen LogP) is 5.95. The number of ether oxygens (including phenoxy) is 2. The highest BCUT2D eigenvalue weighted by Gasteiger charge is 2.39. The number of benzene rings is 3. The van der Waals surface area contributed by atoms with Crippen molar-refractivity contribution in [2.75, 3.05) is 24.3 Å². The molecule has 0 saturated carbocycles. The maximum absolute atomic E-state index is 13.3. The van der Waals surface area contributed by atoms with Crippen molar-refractivity contribution in [2.45, 2.75) is 37.1 Å². The molecule has 2 N–H and O–H groups in total. The van der Waals surface area contributed by atoms with Crippen molar-refractivity contribution in [3.05, 3.63) is 89.0 Å². The number of methoxy groups -OCH3 is 2. The fourth-order valence-corrected chi connectivity index (χ4v) is 6.45. The molecule has 1 aliphatic carbocycles. The van der Waals surface area contributed by atoms with Crippen LogP contribution in [0.15, 0.2) is 71.6 Å². The molecule has 2 aliphatic rings. The lowest BCUT2D eigenvalue weighted by molar-refractivity contribution is 0.372. The molecule has 7 heteroatoms. The van der Waals surface area contributed by atoms with Crippen molar-refractivity contribution in [2.24, 2.45) is 5.92 Å². The molecule has 0 unspecified atom stereocenters. The van der Waals surface area contributed by atoms with Gasteiger partial charge < -0.3 is 14.8 Å². The second-order valence-electron chi connectivity index (χ2n) is 9.31. The van der Waals surface area contributed by atoms with Gasteiger partial charge in [0.2, 0.25) is 0 Å². The van der Waals surface area contributed by atoms with Gasteiger partial charge in [-0.05, 0) is 85.3 Å². The third-order valence-electron chi connectivity index (χ3n) is 6.89. The SMILES string of the molecule is COc1ccc([C@H]2Nc3ccc(S(=O)(=O)Nc4cc(C)cc(C)c4)cc3[C@H]3C=CC[C@H]32)c(OC)c1. The Labute approximate surface area is 207 Å². The van der Waals surface area contributed by atoms with Crippen LogP contribution in [-0.2, 0) is 10.0 Å². The molecule has 5 rings (SSSR count). The lowest BCUT2D eigenvalue weighted by Crippen LogP contribution is -2.29. The molecule has 182 valence electrons. The number of rotatable bonds is 6. The molecule has 0 radical (unpaired) electrons. The highest BCUT2D eigenvalue weighted by atomic mass is 32.2. The molecule has 1 heterocycles. The zero-order valence-electron chi connectivity index (χ0n) is 20.3.